The summed E-state index contributed by atoms with van der Waals surface area (Å²) in [6.07, 6.45) is 5.04. The number of halogens is 1. The standard InChI is InChI=1S/C23H30FN5O3/c1-3-5-7-15-28-18(12-13-19(30)25-17-10-8-16(24)9-11-17)26-21-20(28)22(31)27-23(32)29(21)14-6-4-2/h8-11H,3-7,12-15H2,1-2H3,(H,25,30)(H,27,31,32). The van der Waals surface area contributed by atoms with Gasteiger partial charge in [0.25, 0.3) is 5.56 Å². The van der Waals surface area contributed by atoms with Crippen LogP contribution in [-0.4, -0.2) is 25.0 Å². The molecule has 0 saturated carbocycles. The summed E-state index contributed by atoms with van der Waals surface area (Å²) in [5.74, 6) is -0.00380. The number of aromatic nitrogens is 4. The van der Waals surface area contributed by atoms with Crippen LogP contribution in [0.5, 0.6) is 0 Å². The van der Waals surface area contributed by atoms with Crippen LogP contribution in [0.2, 0.25) is 0 Å². The third-order valence-corrected chi connectivity index (χ3v) is 5.39. The highest BCUT2D eigenvalue weighted by Gasteiger charge is 2.19. The quantitative estimate of drug-likeness (QED) is 0.442. The summed E-state index contributed by atoms with van der Waals surface area (Å²) < 4.78 is 16.4. The molecule has 0 unspecified atom stereocenters. The molecule has 0 spiro atoms. The normalized spacial score (nSPS) is 11.2. The Kier molecular flexibility index (Phi) is 7.97. The van der Waals surface area contributed by atoms with Crippen LogP contribution in [0.25, 0.3) is 11.2 Å². The molecule has 2 heterocycles. The van der Waals surface area contributed by atoms with Gasteiger partial charge in [-0.2, -0.15) is 0 Å². The van der Waals surface area contributed by atoms with Crippen LogP contribution in [0.1, 0.15) is 58.2 Å². The van der Waals surface area contributed by atoms with E-state index in [0.717, 1.165) is 32.1 Å². The molecule has 9 heteroatoms. The van der Waals surface area contributed by atoms with E-state index in [-0.39, 0.29) is 18.1 Å². The van der Waals surface area contributed by atoms with Gasteiger partial charge in [-0.25, -0.2) is 14.2 Å². The number of hydrogen-bond acceptors (Lipinski definition) is 4. The lowest BCUT2D eigenvalue weighted by molar-refractivity contribution is -0.116. The number of aromatic amines is 1. The molecule has 0 aliphatic carbocycles. The number of amides is 1. The number of unbranched alkanes of at least 4 members (excludes halogenated alkanes) is 3. The lowest BCUT2D eigenvalue weighted by Crippen LogP contribution is -2.31. The molecule has 32 heavy (non-hydrogen) atoms. The zero-order valence-corrected chi connectivity index (χ0v) is 18.6. The number of benzene rings is 1. The predicted octanol–water partition coefficient (Wildman–Crippen LogP) is 3.59. The van der Waals surface area contributed by atoms with E-state index >= 15 is 0 Å². The van der Waals surface area contributed by atoms with Gasteiger partial charge in [-0.15, -0.1) is 0 Å². The van der Waals surface area contributed by atoms with Crippen molar-refractivity contribution in [2.45, 2.75) is 71.9 Å². The third-order valence-electron chi connectivity index (χ3n) is 5.39. The molecule has 1 aromatic carbocycles. The summed E-state index contributed by atoms with van der Waals surface area (Å²) in [7, 11) is 0. The Morgan fingerprint density at radius 3 is 2.41 bits per heavy atom. The fraction of sp³-hybridized carbons (Fsp3) is 0.478. The zero-order valence-electron chi connectivity index (χ0n) is 18.6. The molecule has 0 aliphatic rings. The first kappa shape index (κ1) is 23.4. The SMILES string of the molecule is CCCCCn1c(CCC(=O)Nc2ccc(F)cc2)nc2c1c(=O)[nH]c(=O)n2CCCC. The molecular weight excluding hydrogens is 413 g/mol. The van der Waals surface area contributed by atoms with E-state index in [4.69, 9.17) is 0 Å². The highest BCUT2D eigenvalue weighted by Crippen LogP contribution is 2.16. The van der Waals surface area contributed by atoms with Crippen molar-refractivity contribution in [3.8, 4) is 0 Å². The number of hydrogen-bond donors (Lipinski definition) is 2. The molecule has 0 atom stereocenters. The summed E-state index contributed by atoms with van der Waals surface area (Å²) in [5, 5.41) is 2.74. The molecule has 2 N–H and O–H groups in total. The van der Waals surface area contributed by atoms with Gasteiger partial charge in [-0.3, -0.25) is 19.1 Å². The van der Waals surface area contributed by atoms with Crippen molar-refractivity contribution in [3.63, 3.8) is 0 Å². The first-order valence-corrected chi connectivity index (χ1v) is 11.2. The second kappa shape index (κ2) is 10.9. The van der Waals surface area contributed by atoms with E-state index in [1.165, 1.54) is 28.8 Å². The Labute approximate surface area is 185 Å². The number of carbonyl (C=O) groups is 1. The molecule has 0 aliphatic heterocycles. The van der Waals surface area contributed by atoms with Crippen molar-refractivity contribution < 1.29 is 9.18 Å². The van der Waals surface area contributed by atoms with E-state index in [1.807, 2.05) is 11.5 Å². The minimum absolute atomic E-state index is 0.144. The fourth-order valence-electron chi connectivity index (χ4n) is 3.67. The van der Waals surface area contributed by atoms with Gasteiger partial charge in [0.2, 0.25) is 5.91 Å². The van der Waals surface area contributed by atoms with Gasteiger partial charge < -0.3 is 9.88 Å². The maximum absolute atomic E-state index is 13.1. The van der Waals surface area contributed by atoms with Crippen LogP contribution in [0.3, 0.4) is 0 Å². The monoisotopic (exact) mass is 443 g/mol. The van der Waals surface area contributed by atoms with Gasteiger partial charge >= 0.3 is 5.69 Å². The topological polar surface area (TPSA) is 102 Å². The molecule has 0 radical (unpaired) electrons. The Balaban J connectivity index is 1.89. The number of fused-ring (bicyclic) bond motifs is 1. The minimum Gasteiger partial charge on any atom is -0.326 e. The van der Waals surface area contributed by atoms with Gasteiger partial charge in [0.05, 0.1) is 0 Å². The molecule has 8 nitrogen and oxygen atoms in total. The number of aryl methyl sites for hydroxylation is 3. The average Bonchev–Trinajstić information content (AvgIpc) is 3.13. The van der Waals surface area contributed by atoms with Gasteiger partial charge in [-0.05, 0) is 37.1 Å². The van der Waals surface area contributed by atoms with Crippen LogP contribution < -0.4 is 16.6 Å². The number of nitrogens with zero attached hydrogens (tertiary/aromatic N) is 3. The van der Waals surface area contributed by atoms with Crippen molar-refractivity contribution in [1.82, 2.24) is 19.1 Å². The smallest absolute Gasteiger partial charge is 0.326 e. The predicted molar refractivity (Wildman–Crippen MR) is 122 cm³/mol. The van der Waals surface area contributed by atoms with Crippen molar-refractivity contribution in [2.75, 3.05) is 5.32 Å². The number of anilines is 1. The summed E-state index contributed by atoms with van der Waals surface area (Å²) in [5.41, 5.74) is 0.347. The molecular formula is C23H30FN5O3. The molecule has 1 amide bonds. The number of H-pyrrole nitrogens is 1. The number of carbonyl (C=O) groups excluding carboxylic acids is 1. The summed E-state index contributed by atoms with van der Waals surface area (Å²) in [6.45, 7) is 5.19. The van der Waals surface area contributed by atoms with Crippen LogP contribution in [0.4, 0.5) is 10.1 Å². The first-order valence-electron chi connectivity index (χ1n) is 11.2. The van der Waals surface area contributed by atoms with Gasteiger partial charge in [0.1, 0.15) is 11.6 Å². The van der Waals surface area contributed by atoms with Crippen molar-refractivity contribution in [1.29, 1.82) is 0 Å². The van der Waals surface area contributed by atoms with Crippen LogP contribution >= 0.6 is 0 Å². The third kappa shape index (κ3) is 5.52. The molecule has 172 valence electrons. The van der Waals surface area contributed by atoms with Gasteiger partial charge in [-0.1, -0.05) is 33.1 Å². The first-order chi connectivity index (χ1) is 15.4. The Bertz CT molecular complexity index is 1180. The molecule has 2 aromatic heterocycles. The minimum atomic E-state index is -0.463. The van der Waals surface area contributed by atoms with E-state index in [1.54, 1.807) is 0 Å². The summed E-state index contributed by atoms with van der Waals surface area (Å²) in [4.78, 5) is 44.5. The van der Waals surface area contributed by atoms with E-state index in [0.29, 0.717) is 42.2 Å². The number of rotatable bonds is 11. The second-order valence-corrected chi connectivity index (χ2v) is 7.88. The number of imidazole rings is 1. The summed E-state index contributed by atoms with van der Waals surface area (Å²) >= 11 is 0. The van der Waals surface area contributed by atoms with E-state index in [2.05, 4.69) is 22.2 Å². The van der Waals surface area contributed by atoms with Crippen molar-refractivity contribution in [3.05, 3.63) is 56.7 Å². The molecule has 0 fully saturated rings. The molecule has 3 rings (SSSR count). The highest BCUT2D eigenvalue weighted by atomic mass is 19.1. The molecule has 3 aromatic rings. The summed E-state index contributed by atoms with van der Waals surface area (Å²) in [6, 6.07) is 5.56. The lowest BCUT2D eigenvalue weighted by Gasteiger charge is -2.09. The lowest BCUT2D eigenvalue weighted by atomic mass is 10.2. The van der Waals surface area contributed by atoms with E-state index in [9.17, 15) is 18.8 Å². The van der Waals surface area contributed by atoms with Gasteiger partial charge in [0, 0.05) is 31.6 Å². The zero-order chi connectivity index (χ0) is 23.1. The Morgan fingerprint density at radius 1 is 1.03 bits per heavy atom. The van der Waals surface area contributed by atoms with Crippen LogP contribution in [-0.2, 0) is 24.3 Å². The second-order valence-electron chi connectivity index (χ2n) is 7.88. The Morgan fingerprint density at radius 2 is 1.72 bits per heavy atom. The average molecular weight is 444 g/mol. The van der Waals surface area contributed by atoms with Crippen molar-refractivity contribution in [2.24, 2.45) is 0 Å². The molecule has 0 saturated heterocycles. The van der Waals surface area contributed by atoms with Crippen molar-refractivity contribution >= 4 is 22.8 Å². The van der Waals surface area contributed by atoms with Crippen LogP contribution in [0, 0.1) is 5.82 Å². The largest absolute Gasteiger partial charge is 0.330 e. The van der Waals surface area contributed by atoms with Crippen LogP contribution in [0.15, 0.2) is 33.9 Å². The Hall–Kier alpha value is -3.23. The maximum Gasteiger partial charge on any atom is 0.330 e. The van der Waals surface area contributed by atoms with Gasteiger partial charge in [0.15, 0.2) is 11.2 Å². The fourth-order valence-corrected chi connectivity index (χ4v) is 3.67. The molecule has 0 bridgehead atoms. The maximum atomic E-state index is 13.1. The highest BCUT2D eigenvalue weighted by molar-refractivity contribution is 5.90. The van der Waals surface area contributed by atoms with E-state index < -0.39 is 11.2 Å². The number of nitrogens with one attached hydrogen (secondary N) is 2.